The number of aliphatic imine (C=N–C) groups is 1. The number of piperidine rings is 1. The second kappa shape index (κ2) is 11.6. The molecule has 1 fully saturated rings. The highest BCUT2D eigenvalue weighted by atomic mass is 127. The zero-order valence-corrected chi connectivity index (χ0v) is 17.9. The topological polar surface area (TPSA) is 57.1 Å². The Morgan fingerprint density at radius 3 is 2.64 bits per heavy atom. The van der Waals surface area contributed by atoms with Gasteiger partial charge in [-0.05, 0) is 37.3 Å². The van der Waals surface area contributed by atoms with E-state index in [1.807, 2.05) is 18.2 Å². The third kappa shape index (κ3) is 7.01. The maximum absolute atomic E-state index is 9.64. The Hall–Kier alpha value is -1.02. The number of ether oxygens (including phenoxy) is 1. The number of halogens is 1. The predicted octanol–water partition coefficient (Wildman–Crippen LogP) is 3.23. The Kier molecular flexibility index (Phi) is 10.2. The van der Waals surface area contributed by atoms with Gasteiger partial charge in [0.05, 0.1) is 12.6 Å². The Labute approximate surface area is 168 Å². The number of guanidine groups is 1. The molecule has 142 valence electrons. The van der Waals surface area contributed by atoms with Crippen LogP contribution in [0.1, 0.15) is 45.1 Å². The van der Waals surface area contributed by atoms with Crippen molar-refractivity contribution in [1.29, 1.82) is 0 Å². The van der Waals surface area contributed by atoms with Crippen molar-refractivity contribution < 1.29 is 9.84 Å². The standard InChI is InChI=1S/C19H31N3O2.HI/c1-4-20-19(22-12-9-16(23)10-13-22)21-11-14-24-18-8-6-5-7-17(18)15(2)3;/h5-8,15-16,23H,4,9-14H2,1-3H3,(H,20,21);1H. The molecule has 0 saturated carbocycles. The van der Waals surface area contributed by atoms with E-state index in [1.165, 1.54) is 5.56 Å². The molecule has 1 heterocycles. The average molecular weight is 461 g/mol. The van der Waals surface area contributed by atoms with Crippen LogP contribution in [0.3, 0.4) is 0 Å². The van der Waals surface area contributed by atoms with Crippen LogP contribution < -0.4 is 10.1 Å². The summed E-state index contributed by atoms with van der Waals surface area (Å²) in [5.74, 6) is 2.32. The van der Waals surface area contributed by atoms with E-state index in [2.05, 4.69) is 42.0 Å². The van der Waals surface area contributed by atoms with Gasteiger partial charge in [-0.2, -0.15) is 0 Å². The number of hydrogen-bond acceptors (Lipinski definition) is 3. The van der Waals surface area contributed by atoms with Gasteiger partial charge in [-0.25, -0.2) is 4.99 Å². The van der Waals surface area contributed by atoms with Gasteiger partial charge in [0, 0.05) is 19.6 Å². The zero-order valence-electron chi connectivity index (χ0n) is 15.6. The van der Waals surface area contributed by atoms with Crippen molar-refractivity contribution in [2.45, 2.75) is 45.6 Å². The highest BCUT2D eigenvalue weighted by Crippen LogP contribution is 2.25. The van der Waals surface area contributed by atoms with E-state index in [4.69, 9.17) is 4.74 Å². The number of benzene rings is 1. The lowest BCUT2D eigenvalue weighted by Gasteiger charge is -2.32. The summed E-state index contributed by atoms with van der Waals surface area (Å²) in [6.45, 7) is 10.2. The number of nitrogens with zero attached hydrogens (tertiary/aromatic N) is 2. The van der Waals surface area contributed by atoms with E-state index in [0.717, 1.165) is 44.2 Å². The van der Waals surface area contributed by atoms with Crippen LogP contribution >= 0.6 is 24.0 Å². The maximum Gasteiger partial charge on any atom is 0.194 e. The van der Waals surface area contributed by atoms with Gasteiger partial charge in [0.1, 0.15) is 12.4 Å². The molecule has 0 spiro atoms. The first-order valence-corrected chi connectivity index (χ1v) is 9.04. The number of likely N-dealkylation sites (tertiary alicyclic amines) is 1. The van der Waals surface area contributed by atoms with Crippen LogP contribution in [0.2, 0.25) is 0 Å². The van der Waals surface area contributed by atoms with Crippen molar-refractivity contribution in [3.05, 3.63) is 29.8 Å². The number of nitrogens with one attached hydrogen (secondary N) is 1. The smallest absolute Gasteiger partial charge is 0.194 e. The van der Waals surface area contributed by atoms with Crippen molar-refractivity contribution in [3.63, 3.8) is 0 Å². The second-order valence-corrected chi connectivity index (χ2v) is 6.49. The number of aliphatic hydroxyl groups is 1. The molecule has 0 aliphatic carbocycles. The normalized spacial score (nSPS) is 15.9. The number of para-hydroxylation sites is 1. The van der Waals surface area contributed by atoms with Crippen LogP contribution in [0.15, 0.2) is 29.3 Å². The van der Waals surface area contributed by atoms with Crippen LogP contribution in [0.5, 0.6) is 5.75 Å². The van der Waals surface area contributed by atoms with E-state index < -0.39 is 0 Å². The van der Waals surface area contributed by atoms with Crippen molar-refractivity contribution in [1.82, 2.24) is 10.2 Å². The first kappa shape index (κ1) is 22.0. The van der Waals surface area contributed by atoms with Gasteiger partial charge in [0.2, 0.25) is 0 Å². The minimum absolute atomic E-state index is 0. The van der Waals surface area contributed by atoms with Gasteiger partial charge in [-0.15, -0.1) is 24.0 Å². The molecule has 2 rings (SSSR count). The van der Waals surface area contributed by atoms with E-state index in [9.17, 15) is 5.11 Å². The predicted molar refractivity (Wildman–Crippen MR) is 114 cm³/mol. The fourth-order valence-corrected chi connectivity index (χ4v) is 2.90. The SMILES string of the molecule is CCNC(=NCCOc1ccccc1C(C)C)N1CCC(O)CC1.I. The van der Waals surface area contributed by atoms with Gasteiger partial charge < -0.3 is 20.1 Å². The van der Waals surface area contributed by atoms with Crippen LogP contribution in [0.4, 0.5) is 0 Å². The molecule has 1 saturated heterocycles. The summed E-state index contributed by atoms with van der Waals surface area (Å²) in [4.78, 5) is 6.90. The van der Waals surface area contributed by atoms with Crippen LogP contribution in [-0.4, -0.2) is 54.9 Å². The summed E-state index contributed by atoms with van der Waals surface area (Å²) in [6.07, 6.45) is 1.45. The Balaban J connectivity index is 0.00000312. The fourth-order valence-electron chi connectivity index (χ4n) is 2.90. The molecule has 6 heteroatoms. The summed E-state index contributed by atoms with van der Waals surface area (Å²) in [5.41, 5.74) is 1.23. The highest BCUT2D eigenvalue weighted by Gasteiger charge is 2.19. The monoisotopic (exact) mass is 461 g/mol. The van der Waals surface area contributed by atoms with Gasteiger partial charge in [-0.3, -0.25) is 0 Å². The molecule has 1 aromatic rings. The molecule has 25 heavy (non-hydrogen) atoms. The lowest BCUT2D eigenvalue weighted by Crippen LogP contribution is -2.46. The van der Waals surface area contributed by atoms with Gasteiger partial charge in [0.25, 0.3) is 0 Å². The summed E-state index contributed by atoms with van der Waals surface area (Å²) in [7, 11) is 0. The quantitative estimate of drug-likeness (QED) is 0.296. The first-order valence-electron chi connectivity index (χ1n) is 9.04. The third-order valence-electron chi connectivity index (χ3n) is 4.25. The zero-order chi connectivity index (χ0) is 17.4. The molecule has 0 atom stereocenters. The van der Waals surface area contributed by atoms with E-state index in [-0.39, 0.29) is 30.1 Å². The van der Waals surface area contributed by atoms with Crippen molar-refractivity contribution in [3.8, 4) is 5.75 Å². The van der Waals surface area contributed by atoms with Crippen LogP contribution in [0.25, 0.3) is 0 Å². The van der Waals surface area contributed by atoms with Gasteiger partial charge >= 0.3 is 0 Å². The third-order valence-corrected chi connectivity index (χ3v) is 4.25. The second-order valence-electron chi connectivity index (χ2n) is 6.49. The van der Waals surface area contributed by atoms with Crippen molar-refractivity contribution in [2.75, 3.05) is 32.8 Å². The molecule has 0 amide bonds. The number of aliphatic hydroxyl groups excluding tert-OH is 1. The molecule has 0 unspecified atom stereocenters. The fraction of sp³-hybridized carbons (Fsp3) is 0.632. The molecule has 0 bridgehead atoms. The lowest BCUT2D eigenvalue weighted by molar-refractivity contribution is 0.108. The number of hydrogen-bond donors (Lipinski definition) is 2. The summed E-state index contributed by atoms with van der Waals surface area (Å²) < 4.78 is 5.94. The Morgan fingerprint density at radius 1 is 1.32 bits per heavy atom. The average Bonchev–Trinajstić information content (AvgIpc) is 2.58. The van der Waals surface area contributed by atoms with E-state index in [1.54, 1.807) is 0 Å². The number of rotatable bonds is 6. The summed E-state index contributed by atoms with van der Waals surface area (Å²) in [6, 6.07) is 8.20. The Morgan fingerprint density at radius 2 is 2.00 bits per heavy atom. The lowest BCUT2D eigenvalue weighted by atomic mass is 10.0. The maximum atomic E-state index is 9.64. The molecule has 1 aliphatic rings. The molecule has 0 radical (unpaired) electrons. The minimum Gasteiger partial charge on any atom is -0.491 e. The van der Waals surface area contributed by atoms with Crippen molar-refractivity contribution in [2.24, 2.45) is 4.99 Å². The molecule has 0 aromatic heterocycles. The molecular weight excluding hydrogens is 429 g/mol. The van der Waals surface area contributed by atoms with Gasteiger partial charge in [0.15, 0.2) is 5.96 Å². The largest absolute Gasteiger partial charge is 0.491 e. The van der Waals surface area contributed by atoms with E-state index in [0.29, 0.717) is 19.1 Å². The first-order chi connectivity index (χ1) is 11.6. The van der Waals surface area contributed by atoms with Crippen molar-refractivity contribution >= 4 is 29.9 Å². The molecule has 1 aliphatic heterocycles. The van der Waals surface area contributed by atoms with Crippen LogP contribution in [-0.2, 0) is 0 Å². The molecule has 5 nitrogen and oxygen atoms in total. The van der Waals surface area contributed by atoms with E-state index >= 15 is 0 Å². The summed E-state index contributed by atoms with van der Waals surface area (Å²) in [5, 5.41) is 13.0. The molecular formula is C19H32IN3O2. The molecule has 1 aromatic carbocycles. The Bertz CT molecular complexity index is 529. The minimum atomic E-state index is -0.167. The van der Waals surface area contributed by atoms with Gasteiger partial charge in [-0.1, -0.05) is 32.0 Å². The highest BCUT2D eigenvalue weighted by molar-refractivity contribution is 14.0. The van der Waals surface area contributed by atoms with Crippen LogP contribution in [0, 0.1) is 0 Å². The summed E-state index contributed by atoms with van der Waals surface area (Å²) >= 11 is 0. The molecule has 2 N–H and O–H groups in total.